The van der Waals surface area contributed by atoms with Crippen molar-refractivity contribution in [3.8, 4) is 0 Å². The molecule has 0 aliphatic rings. The first-order valence-corrected chi connectivity index (χ1v) is 10.9. The number of imidazole rings is 1. The number of hydrogen-bond acceptors (Lipinski definition) is 9. The molecule has 0 spiro atoms. The Balaban J connectivity index is 2.99. The van der Waals surface area contributed by atoms with E-state index >= 15 is 0 Å². The molecule has 0 aliphatic carbocycles. The molecule has 12 N–H and O–H groups in total. The van der Waals surface area contributed by atoms with Crippen LogP contribution >= 0.6 is 0 Å². The van der Waals surface area contributed by atoms with Crippen LogP contribution in [0.5, 0.6) is 0 Å². The highest BCUT2D eigenvalue weighted by molar-refractivity contribution is 5.96. The minimum atomic E-state index is -1.67. The number of primary amides is 2. The van der Waals surface area contributed by atoms with Gasteiger partial charge in [-0.15, -0.1) is 0 Å². The van der Waals surface area contributed by atoms with Gasteiger partial charge in [-0.05, 0) is 12.8 Å². The number of nitrogens with one attached hydrogen (secondary N) is 4. The van der Waals surface area contributed by atoms with E-state index in [0.29, 0.717) is 5.69 Å². The Morgan fingerprint density at radius 2 is 1.35 bits per heavy atom. The minimum absolute atomic E-state index is 0.00122. The fourth-order valence-electron chi connectivity index (χ4n) is 3.03. The van der Waals surface area contributed by atoms with Gasteiger partial charge in [0.2, 0.25) is 29.5 Å². The van der Waals surface area contributed by atoms with Crippen molar-refractivity contribution in [3.63, 3.8) is 0 Å². The summed E-state index contributed by atoms with van der Waals surface area (Å²) in [6, 6.07) is -5.95. The molecule has 0 bridgehead atoms. The van der Waals surface area contributed by atoms with Gasteiger partial charge < -0.3 is 48.3 Å². The summed E-state index contributed by atoms with van der Waals surface area (Å²) in [6.45, 7) is 0. The summed E-state index contributed by atoms with van der Waals surface area (Å²) in [5, 5.41) is 25.0. The highest BCUT2D eigenvalue weighted by Gasteiger charge is 2.31. The van der Waals surface area contributed by atoms with Crippen LogP contribution < -0.4 is 33.2 Å². The second-order valence-electron chi connectivity index (χ2n) is 8.02. The average molecular weight is 527 g/mol. The van der Waals surface area contributed by atoms with E-state index in [2.05, 4.69) is 25.9 Å². The van der Waals surface area contributed by atoms with Gasteiger partial charge in [0.1, 0.15) is 18.1 Å². The van der Waals surface area contributed by atoms with Crippen molar-refractivity contribution in [2.24, 2.45) is 17.2 Å². The Bertz CT molecular complexity index is 998. The van der Waals surface area contributed by atoms with Crippen molar-refractivity contribution in [1.29, 1.82) is 0 Å². The minimum Gasteiger partial charge on any atom is -0.481 e. The Morgan fingerprint density at radius 3 is 1.84 bits per heavy atom. The third kappa shape index (κ3) is 11.6. The molecule has 4 unspecified atom stereocenters. The van der Waals surface area contributed by atoms with Crippen molar-refractivity contribution in [1.82, 2.24) is 25.9 Å². The van der Waals surface area contributed by atoms with Crippen LogP contribution in [0.25, 0.3) is 0 Å². The maximum atomic E-state index is 12.8. The molecule has 17 heteroatoms. The first kappa shape index (κ1) is 30.5. The van der Waals surface area contributed by atoms with Crippen molar-refractivity contribution >= 4 is 41.5 Å². The van der Waals surface area contributed by atoms with Gasteiger partial charge in [-0.3, -0.25) is 28.8 Å². The fourth-order valence-corrected chi connectivity index (χ4v) is 3.03. The lowest BCUT2D eigenvalue weighted by Gasteiger charge is -2.24. The van der Waals surface area contributed by atoms with Crippen LogP contribution in [0.2, 0.25) is 0 Å². The Hall–Kier alpha value is -4.54. The molecule has 204 valence electrons. The molecule has 1 rings (SSSR count). The number of carbonyl (C=O) groups excluding carboxylic acids is 5. The molecule has 1 heterocycles. The smallest absolute Gasteiger partial charge is 0.326 e. The van der Waals surface area contributed by atoms with Crippen molar-refractivity contribution in [2.45, 2.75) is 62.7 Å². The van der Waals surface area contributed by atoms with Crippen molar-refractivity contribution < 1.29 is 43.8 Å². The van der Waals surface area contributed by atoms with Crippen LogP contribution in [0.3, 0.4) is 0 Å². The Morgan fingerprint density at radius 1 is 0.838 bits per heavy atom. The number of nitrogens with zero attached hydrogens (tertiary/aromatic N) is 1. The second kappa shape index (κ2) is 14.8. The summed E-state index contributed by atoms with van der Waals surface area (Å²) in [7, 11) is 0. The monoisotopic (exact) mass is 526 g/mol. The van der Waals surface area contributed by atoms with Crippen molar-refractivity contribution in [3.05, 3.63) is 18.2 Å². The first-order valence-electron chi connectivity index (χ1n) is 10.9. The Kier molecular flexibility index (Phi) is 12.2. The second-order valence-corrected chi connectivity index (χ2v) is 8.02. The Labute approximate surface area is 209 Å². The maximum Gasteiger partial charge on any atom is 0.326 e. The van der Waals surface area contributed by atoms with Gasteiger partial charge in [-0.2, -0.15) is 0 Å². The van der Waals surface area contributed by atoms with E-state index in [0.717, 1.165) is 0 Å². The van der Waals surface area contributed by atoms with Crippen LogP contribution in [0, 0.1) is 0 Å². The number of carbonyl (C=O) groups is 7. The van der Waals surface area contributed by atoms with Crippen LogP contribution in [0.15, 0.2) is 12.5 Å². The third-order valence-corrected chi connectivity index (χ3v) is 4.95. The zero-order chi connectivity index (χ0) is 28.1. The summed E-state index contributed by atoms with van der Waals surface area (Å²) in [4.78, 5) is 89.4. The predicted octanol–water partition coefficient (Wildman–Crippen LogP) is -4.18. The number of aromatic amines is 1. The lowest BCUT2D eigenvalue weighted by Crippen LogP contribution is -2.57. The molecular formula is C20H30N8O9. The van der Waals surface area contributed by atoms with E-state index in [4.69, 9.17) is 17.2 Å². The lowest BCUT2D eigenvalue weighted by molar-refractivity contribution is -0.143. The van der Waals surface area contributed by atoms with E-state index in [-0.39, 0.29) is 25.7 Å². The van der Waals surface area contributed by atoms with Crippen molar-refractivity contribution in [2.75, 3.05) is 0 Å². The summed E-state index contributed by atoms with van der Waals surface area (Å²) in [5.41, 5.74) is 16.4. The van der Waals surface area contributed by atoms with Gasteiger partial charge >= 0.3 is 11.9 Å². The molecule has 37 heavy (non-hydrogen) atoms. The normalized spacial score (nSPS) is 13.9. The predicted molar refractivity (Wildman–Crippen MR) is 123 cm³/mol. The van der Waals surface area contributed by atoms with Crippen LogP contribution in [-0.2, 0) is 40.0 Å². The number of aliphatic carboxylic acids is 2. The van der Waals surface area contributed by atoms with Crippen LogP contribution in [-0.4, -0.2) is 85.8 Å². The highest BCUT2D eigenvalue weighted by Crippen LogP contribution is 2.05. The van der Waals surface area contributed by atoms with Gasteiger partial charge in [-0.1, -0.05) is 0 Å². The van der Waals surface area contributed by atoms with Gasteiger partial charge in [0.15, 0.2) is 0 Å². The number of H-pyrrole nitrogens is 1. The molecule has 1 aromatic rings. The molecular weight excluding hydrogens is 496 g/mol. The molecule has 0 fully saturated rings. The van der Waals surface area contributed by atoms with Crippen LogP contribution in [0.1, 0.15) is 37.8 Å². The van der Waals surface area contributed by atoms with E-state index in [1.807, 2.05) is 0 Å². The molecule has 1 aromatic heterocycles. The quantitative estimate of drug-likeness (QED) is 0.0937. The molecule has 17 nitrogen and oxygen atoms in total. The summed E-state index contributed by atoms with van der Waals surface area (Å²) < 4.78 is 0. The zero-order valence-electron chi connectivity index (χ0n) is 19.6. The van der Waals surface area contributed by atoms with E-state index in [1.54, 1.807) is 0 Å². The molecule has 4 atom stereocenters. The average Bonchev–Trinajstić information content (AvgIpc) is 3.30. The van der Waals surface area contributed by atoms with E-state index in [1.165, 1.54) is 12.5 Å². The number of aromatic nitrogens is 2. The van der Waals surface area contributed by atoms with Gasteiger partial charge in [0.25, 0.3) is 0 Å². The first-order chi connectivity index (χ1) is 17.3. The lowest BCUT2D eigenvalue weighted by atomic mass is 10.1. The molecule has 0 saturated carbocycles. The summed E-state index contributed by atoms with van der Waals surface area (Å²) in [5.74, 6) is -7.63. The topological polar surface area (TPSA) is 303 Å². The third-order valence-electron chi connectivity index (χ3n) is 4.95. The molecule has 0 saturated heterocycles. The number of carboxylic acids is 2. The van der Waals surface area contributed by atoms with Gasteiger partial charge in [-0.25, -0.2) is 9.78 Å². The number of hydrogen-bond donors (Lipinski definition) is 9. The van der Waals surface area contributed by atoms with Gasteiger partial charge in [0.05, 0.1) is 18.8 Å². The highest BCUT2D eigenvalue weighted by atomic mass is 16.4. The number of carboxylic acid groups (broad SMARTS) is 2. The molecule has 0 radical (unpaired) electrons. The van der Waals surface area contributed by atoms with E-state index < -0.39 is 78.5 Å². The molecule has 0 aromatic carbocycles. The number of amides is 5. The zero-order valence-corrected chi connectivity index (χ0v) is 19.6. The largest absolute Gasteiger partial charge is 0.481 e. The molecule has 5 amide bonds. The number of nitrogens with two attached hydrogens (primary N) is 3. The molecule has 0 aliphatic heterocycles. The van der Waals surface area contributed by atoms with Gasteiger partial charge in [0, 0.05) is 31.2 Å². The van der Waals surface area contributed by atoms with Crippen LogP contribution in [0.4, 0.5) is 0 Å². The maximum absolute atomic E-state index is 12.8. The standard InChI is InChI=1S/C20H30N8O9/c21-10(5-9-7-24-8-25-9)17(33)28-13(6-16(31)32)19(35)26-11(1-3-14(22)29)18(34)27-12(20(36)37)2-4-15(23)30/h7-8,10-13H,1-6,21H2,(H2,22,29)(H2,23,30)(H,24,25)(H,26,35)(H,27,34)(H,28,33)(H,31,32)(H,36,37). The number of rotatable bonds is 17. The summed E-state index contributed by atoms with van der Waals surface area (Å²) >= 11 is 0. The fraction of sp³-hybridized carbons (Fsp3) is 0.500. The van der Waals surface area contributed by atoms with E-state index in [9.17, 15) is 43.8 Å². The summed E-state index contributed by atoms with van der Waals surface area (Å²) in [6.07, 6.45) is 0.420. The SMILES string of the molecule is NC(=O)CCC(NC(=O)C(CCC(N)=O)NC(=O)C(CC(=O)O)NC(=O)C(N)Cc1cnc[nH]1)C(=O)O.